The zero-order chi connectivity index (χ0) is 13.0. The van der Waals surface area contributed by atoms with E-state index in [0.29, 0.717) is 16.5 Å². The molecule has 94 valence electrons. The molecule has 0 heterocycles. The van der Waals surface area contributed by atoms with E-state index in [1.807, 2.05) is 6.92 Å². The molecule has 1 amide bonds. The van der Waals surface area contributed by atoms with Gasteiger partial charge in [-0.3, -0.25) is 4.79 Å². The Morgan fingerprint density at radius 2 is 2.06 bits per heavy atom. The highest BCUT2D eigenvalue weighted by atomic mass is 79.9. The second-order valence-electron chi connectivity index (χ2n) is 4.05. The Morgan fingerprint density at radius 1 is 1.41 bits per heavy atom. The maximum absolute atomic E-state index is 12.0. The maximum Gasteiger partial charge on any atom is 0.251 e. The second-order valence-corrected chi connectivity index (χ2v) is 6.05. The minimum atomic E-state index is -0.103. The van der Waals surface area contributed by atoms with Crippen molar-refractivity contribution < 1.29 is 4.79 Å². The highest BCUT2D eigenvalue weighted by molar-refractivity contribution is 9.10. The summed E-state index contributed by atoms with van der Waals surface area (Å²) in [6.45, 7) is 4.07. The number of halogens is 3. The van der Waals surface area contributed by atoms with Gasteiger partial charge in [0.05, 0.1) is 0 Å². The standard InChI is InChI=1S/C12H14Br2ClNO/c1-7(6-13)8(2)16-12(17)9-3-10(14)5-11(15)4-9/h3-5,7-8H,6H2,1-2H3,(H,16,17). The molecular weight excluding hydrogens is 369 g/mol. The summed E-state index contributed by atoms with van der Waals surface area (Å²) in [5.74, 6) is 0.273. The van der Waals surface area contributed by atoms with E-state index in [9.17, 15) is 4.79 Å². The van der Waals surface area contributed by atoms with Crippen LogP contribution in [0.1, 0.15) is 24.2 Å². The zero-order valence-corrected chi connectivity index (χ0v) is 13.6. The van der Waals surface area contributed by atoms with Crippen molar-refractivity contribution in [2.75, 3.05) is 5.33 Å². The van der Waals surface area contributed by atoms with E-state index in [1.54, 1.807) is 18.2 Å². The van der Waals surface area contributed by atoms with Crippen molar-refractivity contribution in [3.63, 3.8) is 0 Å². The normalized spacial score (nSPS) is 14.2. The minimum absolute atomic E-state index is 0.103. The van der Waals surface area contributed by atoms with Gasteiger partial charge in [0.15, 0.2) is 0 Å². The Bertz CT molecular complexity index is 391. The molecular formula is C12H14Br2ClNO. The lowest BCUT2D eigenvalue weighted by molar-refractivity contribution is 0.0931. The topological polar surface area (TPSA) is 29.1 Å². The van der Waals surface area contributed by atoms with Gasteiger partial charge in [-0.05, 0) is 31.0 Å². The molecule has 17 heavy (non-hydrogen) atoms. The quantitative estimate of drug-likeness (QED) is 0.774. The van der Waals surface area contributed by atoms with Crippen LogP contribution >= 0.6 is 43.5 Å². The molecule has 5 heteroatoms. The Morgan fingerprint density at radius 3 is 2.59 bits per heavy atom. The molecule has 0 aromatic heterocycles. The lowest BCUT2D eigenvalue weighted by Gasteiger charge is -2.19. The van der Waals surface area contributed by atoms with Crippen LogP contribution in [0.5, 0.6) is 0 Å². The van der Waals surface area contributed by atoms with Crippen molar-refractivity contribution in [3.05, 3.63) is 33.3 Å². The monoisotopic (exact) mass is 381 g/mol. The summed E-state index contributed by atoms with van der Waals surface area (Å²) in [6, 6.07) is 5.28. The van der Waals surface area contributed by atoms with Crippen molar-refractivity contribution >= 4 is 49.4 Å². The summed E-state index contributed by atoms with van der Waals surface area (Å²) in [4.78, 5) is 12.0. The number of benzene rings is 1. The highest BCUT2D eigenvalue weighted by Crippen LogP contribution is 2.19. The van der Waals surface area contributed by atoms with Crippen LogP contribution in [-0.4, -0.2) is 17.3 Å². The fourth-order valence-electron chi connectivity index (χ4n) is 1.25. The van der Waals surface area contributed by atoms with E-state index in [-0.39, 0.29) is 11.9 Å². The third-order valence-electron chi connectivity index (χ3n) is 2.58. The van der Waals surface area contributed by atoms with Gasteiger partial charge in [0.2, 0.25) is 0 Å². The summed E-state index contributed by atoms with van der Waals surface area (Å²) in [5, 5.41) is 4.35. The second kappa shape index (κ2) is 6.76. The van der Waals surface area contributed by atoms with E-state index >= 15 is 0 Å². The predicted molar refractivity (Wildman–Crippen MR) is 79.0 cm³/mol. The van der Waals surface area contributed by atoms with E-state index in [2.05, 4.69) is 44.1 Å². The molecule has 1 N–H and O–H groups in total. The van der Waals surface area contributed by atoms with E-state index < -0.39 is 0 Å². The van der Waals surface area contributed by atoms with Gasteiger partial charge in [0.1, 0.15) is 0 Å². The first-order chi connectivity index (χ1) is 7.93. The first-order valence-corrected chi connectivity index (χ1v) is 7.56. The SMILES string of the molecule is CC(CBr)C(C)NC(=O)c1cc(Cl)cc(Br)c1. The average molecular weight is 384 g/mol. The van der Waals surface area contributed by atoms with Crippen molar-refractivity contribution in [2.24, 2.45) is 5.92 Å². The first-order valence-electron chi connectivity index (χ1n) is 5.27. The molecule has 0 radical (unpaired) electrons. The van der Waals surface area contributed by atoms with Gasteiger partial charge in [-0.15, -0.1) is 0 Å². The van der Waals surface area contributed by atoms with Crippen LogP contribution in [0.3, 0.4) is 0 Å². The summed E-state index contributed by atoms with van der Waals surface area (Å²) in [7, 11) is 0. The lowest BCUT2D eigenvalue weighted by Crippen LogP contribution is -2.37. The predicted octanol–water partition coefficient (Wildman–Crippen LogP) is 4.25. The summed E-state index contributed by atoms with van der Waals surface area (Å²) in [5.41, 5.74) is 0.568. The third-order valence-corrected chi connectivity index (χ3v) is 4.28. The molecule has 0 bridgehead atoms. The number of nitrogens with one attached hydrogen (secondary N) is 1. The fourth-order valence-corrected chi connectivity index (χ4v) is 2.67. The molecule has 0 saturated carbocycles. The zero-order valence-electron chi connectivity index (χ0n) is 9.64. The van der Waals surface area contributed by atoms with Crippen LogP contribution in [-0.2, 0) is 0 Å². The molecule has 1 aromatic carbocycles. The number of hydrogen-bond donors (Lipinski definition) is 1. The number of amides is 1. The Kier molecular flexibility index (Phi) is 5.97. The largest absolute Gasteiger partial charge is 0.349 e. The molecule has 2 nitrogen and oxygen atoms in total. The number of rotatable bonds is 4. The van der Waals surface area contributed by atoms with Gasteiger partial charge in [-0.1, -0.05) is 50.4 Å². The van der Waals surface area contributed by atoms with Gasteiger partial charge in [0.25, 0.3) is 5.91 Å². The fraction of sp³-hybridized carbons (Fsp3) is 0.417. The van der Waals surface area contributed by atoms with Crippen molar-refractivity contribution in [1.82, 2.24) is 5.32 Å². The molecule has 0 aliphatic carbocycles. The number of carbonyl (C=O) groups is 1. The van der Waals surface area contributed by atoms with Gasteiger partial charge in [-0.25, -0.2) is 0 Å². The average Bonchev–Trinajstić information content (AvgIpc) is 2.26. The third kappa shape index (κ3) is 4.60. The van der Waals surface area contributed by atoms with E-state index in [4.69, 9.17) is 11.6 Å². The molecule has 2 atom stereocenters. The van der Waals surface area contributed by atoms with E-state index in [1.165, 1.54) is 0 Å². The molecule has 0 spiro atoms. The number of alkyl halides is 1. The number of carbonyl (C=O) groups excluding carboxylic acids is 1. The Labute approximate surface area is 123 Å². The van der Waals surface area contributed by atoms with Crippen LogP contribution < -0.4 is 5.32 Å². The summed E-state index contributed by atoms with van der Waals surface area (Å²) < 4.78 is 0.802. The van der Waals surface area contributed by atoms with Gasteiger partial charge < -0.3 is 5.32 Å². The molecule has 0 saturated heterocycles. The highest BCUT2D eigenvalue weighted by Gasteiger charge is 2.15. The van der Waals surface area contributed by atoms with Gasteiger partial charge in [-0.2, -0.15) is 0 Å². The molecule has 0 aliphatic rings. The van der Waals surface area contributed by atoms with Crippen LogP contribution in [0, 0.1) is 5.92 Å². The van der Waals surface area contributed by atoms with Gasteiger partial charge in [0, 0.05) is 26.4 Å². The summed E-state index contributed by atoms with van der Waals surface area (Å²) in [6.07, 6.45) is 0. The molecule has 0 fully saturated rings. The molecule has 2 unspecified atom stereocenters. The van der Waals surface area contributed by atoms with Crippen molar-refractivity contribution in [3.8, 4) is 0 Å². The molecule has 1 rings (SSSR count). The van der Waals surface area contributed by atoms with Crippen molar-refractivity contribution in [1.29, 1.82) is 0 Å². The smallest absolute Gasteiger partial charge is 0.251 e. The molecule has 0 aliphatic heterocycles. The Hall–Kier alpha value is -0.0600. The van der Waals surface area contributed by atoms with Crippen molar-refractivity contribution in [2.45, 2.75) is 19.9 Å². The summed E-state index contributed by atoms with van der Waals surface area (Å²) >= 11 is 12.6. The van der Waals surface area contributed by atoms with E-state index in [0.717, 1.165) is 9.80 Å². The Balaban J connectivity index is 2.76. The first kappa shape index (κ1) is 15.0. The van der Waals surface area contributed by atoms with Gasteiger partial charge >= 0.3 is 0 Å². The lowest BCUT2D eigenvalue weighted by atomic mass is 10.1. The maximum atomic E-state index is 12.0. The van der Waals surface area contributed by atoms with Crippen LogP contribution in [0.15, 0.2) is 22.7 Å². The van der Waals surface area contributed by atoms with Crippen LogP contribution in [0.25, 0.3) is 0 Å². The van der Waals surface area contributed by atoms with Crippen LogP contribution in [0.4, 0.5) is 0 Å². The minimum Gasteiger partial charge on any atom is -0.349 e. The molecule has 1 aromatic rings. The number of hydrogen-bond acceptors (Lipinski definition) is 1. The van der Waals surface area contributed by atoms with Crippen LogP contribution in [0.2, 0.25) is 5.02 Å².